The van der Waals surface area contributed by atoms with Gasteiger partial charge in [0.15, 0.2) is 0 Å². The van der Waals surface area contributed by atoms with Crippen LogP contribution in [0.25, 0.3) is 21.3 Å². The zero-order chi connectivity index (χ0) is 22.0. The number of benzene rings is 2. The molecule has 0 saturated carbocycles. The smallest absolute Gasteiger partial charge is 0.264 e. The Morgan fingerprint density at radius 3 is 2.39 bits per heavy atom. The molecule has 0 bridgehead atoms. The first-order valence-electron chi connectivity index (χ1n) is 9.59. The lowest BCUT2D eigenvalue weighted by molar-refractivity contribution is -0.117. The quantitative estimate of drug-likeness (QED) is 0.447. The molecule has 1 amide bonds. The summed E-state index contributed by atoms with van der Waals surface area (Å²) in [4.78, 5) is 20.8. The molecule has 4 rings (SSSR count). The Morgan fingerprint density at radius 1 is 1.03 bits per heavy atom. The van der Waals surface area contributed by atoms with E-state index in [1.807, 2.05) is 4.72 Å². The summed E-state index contributed by atoms with van der Waals surface area (Å²) in [7, 11) is -3.87. The second-order valence-corrected chi connectivity index (χ2v) is 9.45. The van der Waals surface area contributed by atoms with Gasteiger partial charge in [0.2, 0.25) is 5.91 Å². The third-order valence-electron chi connectivity index (χ3n) is 4.75. The van der Waals surface area contributed by atoms with Gasteiger partial charge in [-0.25, -0.2) is 23.1 Å². The van der Waals surface area contributed by atoms with Crippen LogP contribution < -0.4 is 10.0 Å². The third kappa shape index (κ3) is 4.42. The van der Waals surface area contributed by atoms with Crippen molar-refractivity contribution < 1.29 is 13.2 Å². The Kier molecular flexibility index (Phi) is 5.71. The van der Waals surface area contributed by atoms with E-state index >= 15 is 0 Å². The molecule has 7 nitrogen and oxygen atoms in total. The van der Waals surface area contributed by atoms with Gasteiger partial charge in [0.25, 0.3) is 10.0 Å². The predicted molar refractivity (Wildman–Crippen MR) is 123 cm³/mol. The first-order valence-corrected chi connectivity index (χ1v) is 12.0. The minimum Gasteiger partial charge on any atom is -0.340 e. The number of sulfonamides is 1. The highest BCUT2D eigenvalue weighted by atomic mass is 32.2. The maximum Gasteiger partial charge on any atom is 0.264 e. The highest BCUT2D eigenvalue weighted by molar-refractivity contribution is 7.90. The molecule has 0 atom stereocenters. The monoisotopic (exact) mass is 452 g/mol. The number of anilines is 2. The molecule has 31 heavy (non-hydrogen) atoms. The maximum atomic E-state index is 12.1. The fraction of sp³-hybridized carbons (Fsp3) is 0.136. The van der Waals surface area contributed by atoms with Crippen LogP contribution >= 0.6 is 11.3 Å². The van der Waals surface area contributed by atoms with Crippen LogP contribution in [0, 0.1) is 0 Å². The summed E-state index contributed by atoms with van der Waals surface area (Å²) in [5.74, 6) is 0.000761. The Labute approximate surface area is 184 Å². The fourth-order valence-corrected chi connectivity index (χ4v) is 5.11. The van der Waals surface area contributed by atoms with Crippen LogP contribution in [-0.4, -0.2) is 24.3 Å². The van der Waals surface area contributed by atoms with Gasteiger partial charge in [-0.3, -0.25) is 4.79 Å². The number of rotatable bonds is 6. The van der Waals surface area contributed by atoms with E-state index in [4.69, 9.17) is 0 Å². The lowest BCUT2D eigenvalue weighted by Gasteiger charge is -2.10. The molecule has 2 aromatic heterocycles. The van der Waals surface area contributed by atoms with Crippen molar-refractivity contribution in [2.45, 2.75) is 25.2 Å². The van der Waals surface area contributed by atoms with E-state index in [0.717, 1.165) is 34.7 Å². The van der Waals surface area contributed by atoms with E-state index < -0.39 is 15.9 Å². The van der Waals surface area contributed by atoms with Crippen molar-refractivity contribution in [3.05, 3.63) is 65.8 Å². The molecule has 158 valence electrons. The van der Waals surface area contributed by atoms with E-state index in [1.54, 1.807) is 23.5 Å². The molecule has 0 radical (unpaired) electrons. The van der Waals surface area contributed by atoms with Gasteiger partial charge in [0, 0.05) is 23.6 Å². The van der Waals surface area contributed by atoms with Crippen molar-refractivity contribution in [1.82, 2.24) is 14.7 Å². The van der Waals surface area contributed by atoms with Crippen molar-refractivity contribution in [3.63, 3.8) is 0 Å². The summed E-state index contributed by atoms with van der Waals surface area (Å²) in [5, 5.41) is 6.23. The SMILES string of the molecule is CCc1ccc(-c2csc3ncnc(Nc4ccc(S(=O)(=O)NC(C)=O)cc4)c23)cc1. The fourth-order valence-electron chi connectivity index (χ4n) is 3.20. The number of carbonyl (C=O) groups excluding carboxylic acids is 1. The van der Waals surface area contributed by atoms with E-state index in [9.17, 15) is 13.2 Å². The molecule has 0 aliphatic heterocycles. The first kappa shape index (κ1) is 21.0. The van der Waals surface area contributed by atoms with Crippen LogP contribution in [0.2, 0.25) is 0 Å². The first-order chi connectivity index (χ1) is 14.9. The molecular weight excluding hydrogens is 432 g/mol. The standard InChI is InChI=1S/C22H20N4O3S2/c1-3-15-4-6-16(7-5-15)19-12-30-22-20(19)21(23-13-24-22)25-17-8-10-18(11-9-17)31(28,29)26-14(2)27/h4-13H,3H2,1-2H3,(H,26,27)(H,23,24,25). The highest BCUT2D eigenvalue weighted by Gasteiger charge is 2.16. The highest BCUT2D eigenvalue weighted by Crippen LogP contribution is 2.37. The second-order valence-electron chi connectivity index (χ2n) is 6.91. The van der Waals surface area contributed by atoms with Crippen LogP contribution in [0.3, 0.4) is 0 Å². The Balaban J connectivity index is 1.67. The van der Waals surface area contributed by atoms with Crippen molar-refractivity contribution in [1.29, 1.82) is 0 Å². The van der Waals surface area contributed by atoms with Crippen molar-refractivity contribution in [2.75, 3.05) is 5.32 Å². The van der Waals surface area contributed by atoms with Gasteiger partial charge in [-0.15, -0.1) is 11.3 Å². The number of carbonyl (C=O) groups is 1. The summed E-state index contributed by atoms with van der Waals surface area (Å²) in [5.41, 5.74) is 4.06. The molecule has 2 N–H and O–H groups in total. The normalized spacial score (nSPS) is 11.4. The van der Waals surface area contributed by atoms with Crippen LogP contribution in [0.15, 0.2) is 65.1 Å². The minimum atomic E-state index is -3.87. The number of fused-ring (bicyclic) bond motifs is 1. The summed E-state index contributed by atoms with van der Waals surface area (Å²) < 4.78 is 26.2. The second kappa shape index (κ2) is 8.44. The zero-order valence-corrected chi connectivity index (χ0v) is 18.5. The van der Waals surface area contributed by atoms with Gasteiger partial charge < -0.3 is 5.32 Å². The molecule has 0 aliphatic carbocycles. The summed E-state index contributed by atoms with van der Waals surface area (Å²) in [6.45, 7) is 3.28. The van der Waals surface area contributed by atoms with Crippen LogP contribution in [-0.2, 0) is 21.2 Å². The molecule has 0 unspecified atom stereocenters. The average molecular weight is 453 g/mol. The molecule has 0 saturated heterocycles. The molecule has 9 heteroatoms. The average Bonchev–Trinajstić information content (AvgIpc) is 3.18. The summed E-state index contributed by atoms with van der Waals surface area (Å²) in [6, 6.07) is 14.6. The maximum absolute atomic E-state index is 12.1. The van der Waals surface area contributed by atoms with Gasteiger partial charge in [-0.1, -0.05) is 31.2 Å². The lowest BCUT2D eigenvalue weighted by atomic mass is 10.0. The van der Waals surface area contributed by atoms with Gasteiger partial charge >= 0.3 is 0 Å². The number of nitrogens with one attached hydrogen (secondary N) is 2. The summed E-state index contributed by atoms with van der Waals surface area (Å²) in [6.07, 6.45) is 2.48. The van der Waals surface area contributed by atoms with Crippen LogP contribution in [0.4, 0.5) is 11.5 Å². The van der Waals surface area contributed by atoms with E-state index in [1.165, 1.54) is 24.0 Å². The molecule has 0 fully saturated rings. The number of nitrogens with zero attached hydrogens (tertiary/aromatic N) is 2. The zero-order valence-electron chi connectivity index (χ0n) is 16.9. The largest absolute Gasteiger partial charge is 0.340 e. The van der Waals surface area contributed by atoms with Crippen LogP contribution in [0.1, 0.15) is 19.4 Å². The van der Waals surface area contributed by atoms with Gasteiger partial charge in [0.1, 0.15) is 17.0 Å². The topological polar surface area (TPSA) is 101 Å². The molecular formula is C22H20N4O3S2. The molecule has 2 heterocycles. The van der Waals surface area contributed by atoms with Crippen molar-refractivity contribution in [3.8, 4) is 11.1 Å². The van der Waals surface area contributed by atoms with E-state index in [2.05, 4.69) is 51.9 Å². The van der Waals surface area contributed by atoms with Gasteiger partial charge in [-0.05, 0) is 41.8 Å². The predicted octanol–water partition coefficient (Wildman–Crippen LogP) is 4.49. The van der Waals surface area contributed by atoms with E-state index in [0.29, 0.717) is 11.5 Å². The molecule has 4 aromatic rings. The Hall–Kier alpha value is -3.30. The summed E-state index contributed by atoms with van der Waals surface area (Å²) >= 11 is 1.54. The molecule has 2 aromatic carbocycles. The third-order valence-corrected chi connectivity index (χ3v) is 7.08. The Bertz CT molecular complexity index is 1350. The van der Waals surface area contributed by atoms with Crippen molar-refractivity contribution >= 4 is 49.0 Å². The Morgan fingerprint density at radius 2 is 1.74 bits per heavy atom. The van der Waals surface area contributed by atoms with Gasteiger partial charge in [0.05, 0.1) is 10.3 Å². The number of thiophene rings is 1. The number of hydrogen-bond acceptors (Lipinski definition) is 7. The number of hydrogen-bond donors (Lipinski definition) is 2. The molecule has 0 spiro atoms. The van der Waals surface area contributed by atoms with Crippen LogP contribution in [0.5, 0.6) is 0 Å². The number of aryl methyl sites for hydroxylation is 1. The number of aromatic nitrogens is 2. The van der Waals surface area contributed by atoms with Gasteiger partial charge in [-0.2, -0.15) is 0 Å². The lowest BCUT2D eigenvalue weighted by Crippen LogP contribution is -2.28. The van der Waals surface area contributed by atoms with E-state index in [-0.39, 0.29) is 4.90 Å². The number of amides is 1. The molecule has 0 aliphatic rings. The minimum absolute atomic E-state index is 0.00770. The van der Waals surface area contributed by atoms with Crippen molar-refractivity contribution in [2.24, 2.45) is 0 Å².